The lowest BCUT2D eigenvalue weighted by molar-refractivity contribution is 0.103. The second kappa shape index (κ2) is 7.80. The van der Waals surface area contributed by atoms with E-state index in [-0.39, 0.29) is 17.5 Å². The standard InChI is InChI=1S/C22H20ClN5O/c1-14-2-4-15(5-3-14)22(29)21-19(10-24)20(13-27-11-17(25)12-27)28(26-21)18-8-6-16(23)7-9-18/h2-9,17H,11-13,25H2,1H3. The van der Waals surface area contributed by atoms with Gasteiger partial charge < -0.3 is 5.73 Å². The molecule has 29 heavy (non-hydrogen) atoms. The van der Waals surface area contributed by atoms with Crippen LogP contribution in [0.5, 0.6) is 0 Å². The van der Waals surface area contributed by atoms with E-state index in [2.05, 4.69) is 16.1 Å². The van der Waals surface area contributed by atoms with Gasteiger partial charge in [0.05, 0.1) is 11.4 Å². The lowest BCUT2D eigenvalue weighted by atomic mass is 10.0. The van der Waals surface area contributed by atoms with Crippen molar-refractivity contribution >= 4 is 17.4 Å². The molecular formula is C22H20ClN5O. The maximum atomic E-state index is 13.1. The molecule has 1 saturated heterocycles. The van der Waals surface area contributed by atoms with E-state index in [0.717, 1.165) is 24.3 Å². The molecule has 7 heteroatoms. The van der Waals surface area contributed by atoms with Gasteiger partial charge in [-0.1, -0.05) is 41.4 Å². The Morgan fingerprint density at radius 1 is 1.21 bits per heavy atom. The summed E-state index contributed by atoms with van der Waals surface area (Å²) in [6.45, 7) is 3.95. The summed E-state index contributed by atoms with van der Waals surface area (Å²) in [7, 11) is 0. The van der Waals surface area contributed by atoms with E-state index in [0.29, 0.717) is 28.4 Å². The molecule has 0 saturated carbocycles. The van der Waals surface area contributed by atoms with Gasteiger partial charge in [0, 0.05) is 36.3 Å². The van der Waals surface area contributed by atoms with Crippen LogP contribution in [0, 0.1) is 18.3 Å². The fraction of sp³-hybridized carbons (Fsp3) is 0.227. The predicted octanol–water partition coefficient (Wildman–Crippen LogP) is 3.08. The summed E-state index contributed by atoms with van der Waals surface area (Å²) in [5.41, 5.74) is 9.34. The van der Waals surface area contributed by atoms with Crippen LogP contribution in [0.2, 0.25) is 5.02 Å². The van der Waals surface area contributed by atoms with E-state index in [4.69, 9.17) is 17.3 Å². The number of benzene rings is 2. The highest BCUT2D eigenvalue weighted by atomic mass is 35.5. The number of halogens is 1. The summed E-state index contributed by atoms with van der Waals surface area (Å²) < 4.78 is 1.67. The van der Waals surface area contributed by atoms with Crippen LogP contribution < -0.4 is 5.73 Å². The number of likely N-dealkylation sites (tertiary alicyclic amines) is 1. The summed E-state index contributed by atoms with van der Waals surface area (Å²) in [4.78, 5) is 15.3. The van der Waals surface area contributed by atoms with Crippen molar-refractivity contribution in [3.8, 4) is 11.8 Å². The quantitative estimate of drug-likeness (QED) is 0.659. The number of hydrogen-bond acceptors (Lipinski definition) is 5. The van der Waals surface area contributed by atoms with Gasteiger partial charge in [-0.2, -0.15) is 10.4 Å². The molecule has 2 heterocycles. The summed E-state index contributed by atoms with van der Waals surface area (Å²) in [5.74, 6) is -0.268. The molecule has 6 nitrogen and oxygen atoms in total. The van der Waals surface area contributed by atoms with E-state index in [1.54, 1.807) is 28.9 Å². The number of ketones is 1. The zero-order valence-electron chi connectivity index (χ0n) is 16.0. The Kier molecular flexibility index (Phi) is 5.20. The third-order valence-electron chi connectivity index (χ3n) is 5.05. The van der Waals surface area contributed by atoms with Crippen LogP contribution in [-0.4, -0.2) is 39.6 Å². The van der Waals surface area contributed by atoms with Gasteiger partial charge in [-0.05, 0) is 31.2 Å². The maximum absolute atomic E-state index is 13.1. The van der Waals surface area contributed by atoms with Gasteiger partial charge in [-0.15, -0.1) is 0 Å². The lowest BCUT2D eigenvalue weighted by Gasteiger charge is -2.36. The van der Waals surface area contributed by atoms with Gasteiger partial charge in [-0.3, -0.25) is 9.69 Å². The Morgan fingerprint density at radius 2 is 1.86 bits per heavy atom. The van der Waals surface area contributed by atoms with Gasteiger partial charge in [0.2, 0.25) is 5.78 Å². The molecular weight excluding hydrogens is 386 g/mol. The van der Waals surface area contributed by atoms with Crippen LogP contribution in [-0.2, 0) is 6.54 Å². The van der Waals surface area contributed by atoms with E-state index >= 15 is 0 Å². The highest BCUT2D eigenvalue weighted by molar-refractivity contribution is 6.30. The highest BCUT2D eigenvalue weighted by Gasteiger charge is 2.29. The minimum absolute atomic E-state index is 0.140. The van der Waals surface area contributed by atoms with Crippen LogP contribution in [0.15, 0.2) is 48.5 Å². The normalized spacial score (nSPS) is 14.4. The van der Waals surface area contributed by atoms with E-state index in [9.17, 15) is 10.1 Å². The summed E-state index contributed by atoms with van der Waals surface area (Å²) in [6.07, 6.45) is 0. The van der Waals surface area contributed by atoms with E-state index in [1.165, 1.54) is 0 Å². The Bertz CT molecular complexity index is 1090. The summed E-state index contributed by atoms with van der Waals surface area (Å²) in [5, 5.41) is 15.0. The molecule has 0 amide bonds. The minimum Gasteiger partial charge on any atom is -0.325 e. The van der Waals surface area contributed by atoms with Crippen molar-refractivity contribution in [1.29, 1.82) is 5.26 Å². The number of aromatic nitrogens is 2. The second-order valence-electron chi connectivity index (χ2n) is 7.32. The van der Waals surface area contributed by atoms with Gasteiger partial charge in [0.1, 0.15) is 11.6 Å². The largest absolute Gasteiger partial charge is 0.325 e. The molecule has 2 aromatic carbocycles. The monoisotopic (exact) mass is 405 g/mol. The molecule has 0 unspecified atom stereocenters. The van der Waals surface area contributed by atoms with E-state index in [1.807, 2.05) is 31.2 Å². The first-order valence-corrected chi connectivity index (χ1v) is 9.71. The van der Waals surface area contributed by atoms with Crippen LogP contribution in [0.4, 0.5) is 0 Å². The number of carbonyl (C=O) groups excluding carboxylic acids is 1. The fourth-order valence-electron chi connectivity index (χ4n) is 3.46. The van der Waals surface area contributed by atoms with E-state index < -0.39 is 0 Å². The number of nitriles is 1. The topological polar surface area (TPSA) is 87.9 Å². The number of carbonyl (C=O) groups is 1. The smallest absolute Gasteiger partial charge is 0.214 e. The highest BCUT2D eigenvalue weighted by Crippen LogP contribution is 2.25. The van der Waals surface area contributed by atoms with Gasteiger partial charge >= 0.3 is 0 Å². The summed E-state index contributed by atoms with van der Waals surface area (Å²) >= 11 is 6.02. The molecule has 0 atom stereocenters. The number of aryl methyl sites for hydroxylation is 1. The number of rotatable bonds is 5. The van der Waals surface area contributed by atoms with Crippen LogP contribution in [0.25, 0.3) is 5.69 Å². The third kappa shape index (κ3) is 3.81. The molecule has 0 spiro atoms. The maximum Gasteiger partial charge on any atom is 0.214 e. The molecule has 1 aliphatic rings. The van der Waals surface area contributed by atoms with Crippen molar-refractivity contribution in [3.63, 3.8) is 0 Å². The Labute approximate surface area is 174 Å². The first-order chi connectivity index (χ1) is 14.0. The minimum atomic E-state index is -0.268. The fourth-order valence-corrected chi connectivity index (χ4v) is 3.59. The first-order valence-electron chi connectivity index (χ1n) is 9.33. The molecule has 4 rings (SSSR count). The molecule has 0 aliphatic carbocycles. The van der Waals surface area contributed by atoms with Crippen LogP contribution in [0.3, 0.4) is 0 Å². The van der Waals surface area contributed by atoms with Crippen LogP contribution in [0.1, 0.15) is 32.9 Å². The van der Waals surface area contributed by atoms with Crippen molar-refractivity contribution in [1.82, 2.24) is 14.7 Å². The van der Waals surface area contributed by atoms with Gasteiger partial charge in [-0.25, -0.2) is 4.68 Å². The number of nitrogens with zero attached hydrogens (tertiary/aromatic N) is 4. The molecule has 0 radical (unpaired) electrons. The molecule has 1 aliphatic heterocycles. The van der Waals surface area contributed by atoms with Crippen LogP contribution >= 0.6 is 11.6 Å². The van der Waals surface area contributed by atoms with Gasteiger partial charge in [0.25, 0.3) is 0 Å². The Hall–Kier alpha value is -2.98. The van der Waals surface area contributed by atoms with Crippen molar-refractivity contribution in [2.45, 2.75) is 19.5 Å². The van der Waals surface area contributed by atoms with Gasteiger partial charge in [0.15, 0.2) is 5.69 Å². The molecule has 146 valence electrons. The SMILES string of the molecule is Cc1ccc(C(=O)c2nn(-c3ccc(Cl)cc3)c(CN3CC(N)C3)c2C#N)cc1. The Morgan fingerprint density at radius 3 is 2.45 bits per heavy atom. The molecule has 0 bridgehead atoms. The Balaban J connectivity index is 1.81. The lowest BCUT2D eigenvalue weighted by Crippen LogP contribution is -2.55. The number of hydrogen-bond donors (Lipinski definition) is 1. The third-order valence-corrected chi connectivity index (χ3v) is 5.30. The molecule has 2 N–H and O–H groups in total. The van der Waals surface area contributed by atoms with Crippen molar-refractivity contribution in [3.05, 3.63) is 81.6 Å². The number of nitrogens with two attached hydrogens (primary N) is 1. The average Bonchev–Trinajstić information content (AvgIpc) is 3.05. The zero-order chi connectivity index (χ0) is 20.5. The zero-order valence-corrected chi connectivity index (χ0v) is 16.7. The van der Waals surface area contributed by atoms with Crippen molar-refractivity contribution in [2.24, 2.45) is 5.73 Å². The van der Waals surface area contributed by atoms with Crippen molar-refractivity contribution in [2.75, 3.05) is 13.1 Å². The molecule has 1 fully saturated rings. The average molecular weight is 406 g/mol. The van der Waals surface area contributed by atoms with Crippen molar-refractivity contribution < 1.29 is 4.79 Å². The summed E-state index contributed by atoms with van der Waals surface area (Å²) in [6, 6.07) is 16.8. The second-order valence-corrected chi connectivity index (χ2v) is 7.76. The molecule has 1 aromatic heterocycles. The first kappa shape index (κ1) is 19.3. The molecule has 3 aromatic rings. The predicted molar refractivity (Wildman–Crippen MR) is 111 cm³/mol.